The minimum Gasteiger partial charge on any atom is -0.320 e. The number of carbonyl (C=O) groups is 1. The fraction of sp³-hybridized carbons (Fsp3) is 0.357. The molecule has 0 aliphatic heterocycles. The lowest BCUT2D eigenvalue weighted by molar-refractivity contribution is -0.895. The molecule has 1 atom stereocenters. The molecule has 2 aromatic rings. The lowest BCUT2D eigenvalue weighted by Gasteiger charge is -2.14. The summed E-state index contributed by atoms with van der Waals surface area (Å²) in [5.74, 6) is -0.105. The summed E-state index contributed by atoms with van der Waals surface area (Å²) in [7, 11) is 1.92. The van der Waals surface area contributed by atoms with Crippen molar-refractivity contribution in [2.45, 2.75) is 20.1 Å². The molecule has 0 saturated carbocycles. The highest BCUT2D eigenvalue weighted by Crippen LogP contribution is 2.19. The predicted octanol–water partition coefficient (Wildman–Crippen LogP) is 1.20. The molecule has 118 valence electrons. The van der Waals surface area contributed by atoms with Crippen molar-refractivity contribution in [1.82, 2.24) is 14.3 Å². The van der Waals surface area contributed by atoms with E-state index in [1.54, 1.807) is 23.1 Å². The molecule has 0 bridgehead atoms. The summed E-state index contributed by atoms with van der Waals surface area (Å²) in [5.41, 5.74) is 0.619. The fourth-order valence-electron chi connectivity index (χ4n) is 2.04. The topological polar surface area (TPSA) is 56.3 Å². The number of likely N-dealkylation sites (N-methyl/N-ethyl adjacent to an activating group) is 1. The van der Waals surface area contributed by atoms with E-state index in [9.17, 15) is 4.79 Å². The summed E-state index contributed by atoms with van der Waals surface area (Å²) in [6, 6.07) is 7.16. The smallest absolute Gasteiger partial charge is 0.279 e. The van der Waals surface area contributed by atoms with Crippen LogP contribution in [0, 0.1) is 4.77 Å². The van der Waals surface area contributed by atoms with E-state index >= 15 is 0 Å². The van der Waals surface area contributed by atoms with Gasteiger partial charge in [0.25, 0.3) is 5.91 Å². The number of aryl methyl sites for hydroxylation is 1. The van der Waals surface area contributed by atoms with E-state index in [0.29, 0.717) is 28.7 Å². The standard InChI is InChI=1S/C14H18ClN5OS/c1-3-19-9-16-20(14(19)22)10-18(2)8-13(21)17-12-7-5-4-6-11(12)15/h4-7,9H,3,8,10H2,1-2H3,(H,17,21)/p+1. The molecule has 1 aromatic carbocycles. The lowest BCUT2D eigenvalue weighted by atomic mass is 10.3. The molecule has 0 spiro atoms. The van der Waals surface area contributed by atoms with Crippen LogP contribution in [0.25, 0.3) is 0 Å². The number of benzene rings is 1. The molecule has 8 heteroatoms. The molecule has 0 aliphatic carbocycles. The Hall–Kier alpha value is -1.70. The quantitative estimate of drug-likeness (QED) is 0.777. The van der Waals surface area contributed by atoms with Gasteiger partial charge in [-0.05, 0) is 31.3 Å². The molecule has 0 radical (unpaired) electrons. The highest BCUT2D eigenvalue weighted by molar-refractivity contribution is 7.71. The summed E-state index contributed by atoms with van der Waals surface area (Å²) >= 11 is 11.3. The Kier molecular flexibility index (Phi) is 5.70. The Morgan fingerprint density at radius 2 is 2.18 bits per heavy atom. The van der Waals surface area contributed by atoms with E-state index in [1.165, 1.54) is 0 Å². The Labute approximate surface area is 139 Å². The normalized spacial score (nSPS) is 12.1. The van der Waals surface area contributed by atoms with Gasteiger partial charge in [0.15, 0.2) is 13.2 Å². The van der Waals surface area contributed by atoms with Crippen molar-refractivity contribution in [3.63, 3.8) is 0 Å². The zero-order valence-electron chi connectivity index (χ0n) is 12.5. The average molecular weight is 341 g/mol. The molecule has 0 saturated heterocycles. The van der Waals surface area contributed by atoms with Crippen LogP contribution in [0.1, 0.15) is 6.92 Å². The van der Waals surface area contributed by atoms with Crippen LogP contribution in [-0.4, -0.2) is 33.8 Å². The molecule has 1 heterocycles. The van der Waals surface area contributed by atoms with Gasteiger partial charge in [-0.1, -0.05) is 23.7 Å². The van der Waals surface area contributed by atoms with Crippen molar-refractivity contribution in [3.8, 4) is 0 Å². The number of rotatable bonds is 6. The number of hydrogen-bond acceptors (Lipinski definition) is 3. The maximum Gasteiger partial charge on any atom is 0.279 e. The molecular weight excluding hydrogens is 322 g/mol. The maximum absolute atomic E-state index is 12.1. The third kappa shape index (κ3) is 4.16. The van der Waals surface area contributed by atoms with Crippen LogP contribution in [0.3, 0.4) is 0 Å². The van der Waals surface area contributed by atoms with Crippen molar-refractivity contribution in [3.05, 3.63) is 40.4 Å². The number of anilines is 1. The fourth-order valence-corrected chi connectivity index (χ4v) is 2.51. The van der Waals surface area contributed by atoms with E-state index in [4.69, 9.17) is 23.8 Å². The zero-order chi connectivity index (χ0) is 16.1. The van der Waals surface area contributed by atoms with Crippen LogP contribution in [0.2, 0.25) is 5.02 Å². The Morgan fingerprint density at radius 1 is 1.45 bits per heavy atom. The number of nitrogens with one attached hydrogen (secondary N) is 2. The van der Waals surface area contributed by atoms with Crippen LogP contribution in [0.15, 0.2) is 30.6 Å². The van der Waals surface area contributed by atoms with Crippen LogP contribution < -0.4 is 10.2 Å². The molecule has 22 heavy (non-hydrogen) atoms. The third-order valence-corrected chi connectivity index (χ3v) is 3.94. The monoisotopic (exact) mass is 340 g/mol. The van der Waals surface area contributed by atoms with E-state index in [2.05, 4.69) is 10.4 Å². The van der Waals surface area contributed by atoms with E-state index in [0.717, 1.165) is 11.4 Å². The number of carbonyl (C=O) groups excluding carboxylic acids is 1. The highest BCUT2D eigenvalue weighted by atomic mass is 35.5. The Morgan fingerprint density at radius 3 is 2.82 bits per heavy atom. The molecule has 2 rings (SSSR count). The maximum atomic E-state index is 12.1. The van der Waals surface area contributed by atoms with Gasteiger partial charge in [-0.15, -0.1) is 0 Å². The molecule has 1 aromatic heterocycles. The van der Waals surface area contributed by atoms with Gasteiger partial charge in [-0.2, -0.15) is 9.78 Å². The number of hydrogen-bond donors (Lipinski definition) is 2. The second-order valence-electron chi connectivity index (χ2n) is 5.02. The number of nitrogens with zero attached hydrogens (tertiary/aromatic N) is 3. The third-order valence-electron chi connectivity index (χ3n) is 3.17. The predicted molar refractivity (Wildman–Crippen MR) is 88.6 cm³/mol. The molecule has 1 amide bonds. The van der Waals surface area contributed by atoms with Gasteiger partial charge < -0.3 is 14.8 Å². The summed E-state index contributed by atoms with van der Waals surface area (Å²) in [4.78, 5) is 13.0. The Bertz CT molecular complexity index is 711. The van der Waals surface area contributed by atoms with Gasteiger partial charge in [-0.3, -0.25) is 4.79 Å². The van der Waals surface area contributed by atoms with Crippen molar-refractivity contribution >= 4 is 35.4 Å². The summed E-state index contributed by atoms with van der Waals surface area (Å²) in [6.07, 6.45) is 1.71. The zero-order valence-corrected chi connectivity index (χ0v) is 14.1. The summed E-state index contributed by atoms with van der Waals surface area (Å²) in [5, 5.41) is 7.56. The Balaban J connectivity index is 1.92. The molecular formula is C14H19ClN5OS+. The first kappa shape index (κ1) is 16.7. The average Bonchev–Trinajstić information content (AvgIpc) is 2.82. The first-order valence-electron chi connectivity index (χ1n) is 6.99. The number of aromatic nitrogens is 3. The number of quaternary nitrogens is 1. The molecule has 2 N–H and O–H groups in total. The SMILES string of the molecule is CCn1cnn(C[NH+](C)CC(=O)Nc2ccccc2Cl)c1=S. The van der Waals surface area contributed by atoms with E-state index in [-0.39, 0.29) is 5.91 Å². The summed E-state index contributed by atoms with van der Waals surface area (Å²) in [6.45, 7) is 3.62. The second-order valence-corrected chi connectivity index (χ2v) is 5.79. The van der Waals surface area contributed by atoms with Crippen LogP contribution in [0.5, 0.6) is 0 Å². The van der Waals surface area contributed by atoms with Crippen LogP contribution in [0.4, 0.5) is 5.69 Å². The van der Waals surface area contributed by atoms with Gasteiger partial charge in [0.05, 0.1) is 17.8 Å². The van der Waals surface area contributed by atoms with Crippen LogP contribution >= 0.6 is 23.8 Å². The largest absolute Gasteiger partial charge is 0.320 e. The van der Waals surface area contributed by atoms with Crippen LogP contribution in [-0.2, 0) is 18.0 Å². The lowest BCUT2D eigenvalue weighted by Crippen LogP contribution is -3.09. The number of amides is 1. The number of halogens is 1. The molecule has 1 unspecified atom stereocenters. The van der Waals surface area contributed by atoms with Crippen molar-refractivity contribution < 1.29 is 9.69 Å². The van der Waals surface area contributed by atoms with E-state index < -0.39 is 0 Å². The van der Waals surface area contributed by atoms with Gasteiger partial charge in [0, 0.05) is 6.54 Å². The second kappa shape index (κ2) is 7.53. The highest BCUT2D eigenvalue weighted by Gasteiger charge is 2.13. The van der Waals surface area contributed by atoms with Gasteiger partial charge in [-0.25, -0.2) is 0 Å². The first-order chi connectivity index (χ1) is 10.5. The minimum absolute atomic E-state index is 0.105. The number of para-hydroxylation sites is 1. The minimum atomic E-state index is -0.105. The van der Waals surface area contributed by atoms with Gasteiger partial charge >= 0.3 is 0 Å². The van der Waals surface area contributed by atoms with E-state index in [1.807, 2.05) is 30.7 Å². The van der Waals surface area contributed by atoms with Gasteiger partial charge in [0.1, 0.15) is 6.33 Å². The van der Waals surface area contributed by atoms with Crippen molar-refractivity contribution in [1.29, 1.82) is 0 Å². The van der Waals surface area contributed by atoms with Crippen molar-refractivity contribution in [2.75, 3.05) is 18.9 Å². The first-order valence-corrected chi connectivity index (χ1v) is 7.77. The molecule has 0 aliphatic rings. The van der Waals surface area contributed by atoms with Gasteiger partial charge in [0.2, 0.25) is 4.77 Å². The molecule has 6 nitrogen and oxygen atoms in total. The van der Waals surface area contributed by atoms with Crippen molar-refractivity contribution in [2.24, 2.45) is 0 Å². The molecule has 0 fully saturated rings. The summed E-state index contributed by atoms with van der Waals surface area (Å²) < 4.78 is 4.26.